The maximum Gasteiger partial charge on any atom is -0.0276 e. The van der Waals surface area contributed by atoms with Gasteiger partial charge in [0.05, 0.1) is 0 Å². The van der Waals surface area contributed by atoms with Gasteiger partial charge in [0.25, 0.3) is 0 Å². The van der Waals surface area contributed by atoms with Crippen molar-refractivity contribution in [1.82, 2.24) is 0 Å². The topological polar surface area (TPSA) is 0 Å². The molecule has 1 aromatic carbocycles. The summed E-state index contributed by atoms with van der Waals surface area (Å²) in [7, 11) is 0. The normalized spacial score (nSPS) is 26.8. The highest BCUT2D eigenvalue weighted by atomic mass is 14.4. The van der Waals surface area contributed by atoms with Crippen LogP contribution < -0.4 is 0 Å². The van der Waals surface area contributed by atoms with Gasteiger partial charge >= 0.3 is 0 Å². The molecule has 2 aliphatic rings. The van der Waals surface area contributed by atoms with Crippen molar-refractivity contribution in [2.75, 3.05) is 0 Å². The maximum atomic E-state index is 2.40. The van der Waals surface area contributed by atoms with E-state index in [1.165, 1.54) is 102 Å². The van der Waals surface area contributed by atoms with Crippen LogP contribution in [0.5, 0.6) is 0 Å². The maximum absolute atomic E-state index is 2.40. The monoisotopic (exact) mass is 424 g/mol. The van der Waals surface area contributed by atoms with Crippen molar-refractivity contribution in [2.45, 2.75) is 136 Å². The molecule has 0 aromatic heterocycles. The molecular formula is C31H52. The second-order valence-electron chi connectivity index (χ2n) is 11.2. The minimum absolute atomic E-state index is 0.996. The molecule has 0 unspecified atom stereocenters. The number of hydrogen-bond acceptors (Lipinski definition) is 0. The molecule has 0 spiro atoms. The molecule has 0 aliphatic heterocycles. The van der Waals surface area contributed by atoms with Gasteiger partial charge in [-0.15, -0.1) is 0 Å². The molecule has 0 saturated heterocycles. The van der Waals surface area contributed by atoms with Gasteiger partial charge in [0.2, 0.25) is 0 Å². The number of aryl methyl sites for hydroxylation is 2. The molecule has 3 rings (SSSR count). The molecule has 0 heteroatoms. The Morgan fingerprint density at radius 1 is 0.516 bits per heavy atom. The van der Waals surface area contributed by atoms with E-state index in [9.17, 15) is 0 Å². The van der Waals surface area contributed by atoms with Gasteiger partial charge in [-0.3, -0.25) is 0 Å². The molecule has 0 atom stereocenters. The van der Waals surface area contributed by atoms with Gasteiger partial charge in [-0.05, 0) is 86.2 Å². The lowest BCUT2D eigenvalue weighted by molar-refractivity contribution is 0.140. The van der Waals surface area contributed by atoms with E-state index in [-0.39, 0.29) is 0 Å². The van der Waals surface area contributed by atoms with Crippen LogP contribution in [0.1, 0.15) is 134 Å². The van der Waals surface area contributed by atoms with E-state index in [0.29, 0.717) is 0 Å². The van der Waals surface area contributed by atoms with Gasteiger partial charge in [0.15, 0.2) is 0 Å². The second kappa shape index (κ2) is 14.4. The summed E-state index contributed by atoms with van der Waals surface area (Å²) < 4.78 is 0. The second-order valence-corrected chi connectivity index (χ2v) is 11.2. The van der Waals surface area contributed by atoms with E-state index in [1.54, 1.807) is 31.2 Å². The van der Waals surface area contributed by atoms with Gasteiger partial charge in [-0.2, -0.15) is 0 Å². The Balaban J connectivity index is 1.27. The van der Waals surface area contributed by atoms with E-state index in [2.05, 4.69) is 38.1 Å². The smallest absolute Gasteiger partial charge is 0.0276 e. The molecule has 31 heavy (non-hydrogen) atoms. The Morgan fingerprint density at radius 3 is 1.55 bits per heavy atom. The lowest BCUT2D eigenvalue weighted by Crippen LogP contribution is -2.26. The molecule has 0 nitrogen and oxygen atoms in total. The minimum Gasteiger partial charge on any atom is -0.0654 e. The van der Waals surface area contributed by atoms with Gasteiger partial charge < -0.3 is 0 Å². The van der Waals surface area contributed by atoms with Crippen molar-refractivity contribution < 1.29 is 0 Å². The summed E-state index contributed by atoms with van der Waals surface area (Å²) in [4.78, 5) is 0. The SMILES string of the molecule is CCCCCCC[C@H]1CC[C@H]([C@H]2CC[C@H](CCc3ccc(CCCC)cc3)CC2)CC1. The van der Waals surface area contributed by atoms with Crippen LogP contribution in [0.15, 0.2) is 24.3 Å². The average Bonchev–Trinajstić information content (AvgIpc) is 2.83. The van der Waals surface area contributed by atoms with E-state index in [4.69, 9.17) is 0 Å². The molecule has 2 saturated carbocycles. The molecule has 0 bridgehead atoms. The van der Waals surface area contributed by atoms with Gasteiger partial charge in [-0.1, -0.05) is 109 Å². The van der Waals surface area contributed by atoms with E-state index >= 15 is 0 Å². The lowest BCUT2D eigenvalue weighted by atomic mass is 9.68. The van der Waals surface area contributed by atoms with Crippen molar-refractivity contribution in [3.05, 3.63) is 35.4 Å². The van der Waals surface area contributed by atoms with Crippen LogP contribution in [0.25, 0.3) is 0 Å². The quantitative estimate of drug-likeness (QED) is 0.276. The van der Waals surface area contributed by atoms with Crippen LogP contribution in [-0.4, -0.2) is 0 Å². The number of unbranched alkanes of at least 4 members (excludes halogenated alkanes) is 5. The van der Waals surface area contributed by atoms with E-state index < -0.39 is 0 Å². The number of hydrogen-bond donors (Lipinski definition) is 0. The third-order valence-electron chi connectivity index (χ3n) is 8.85. The zero-order valence-corrected chi connectivity index (χ0v) is 21.1. The van der Waals surface area contributed by atoms with Gasteiger partial charge in [0.1, 0.15) is 0 Å². The molecule has 0 heterocycles. The largest absolute Gasteiger partial charge is 0.0654 e. The van der Waals surface area contributed by atoms with Crippen LogP contribution in [0.3, 0.4) is 0 Å². The van der Waals surface area contributed by atoms with Crippen LogP contribution in [0, 0.1) is 23.7 Å². The molecule has 0 N–H and O–H groups in total. The first-order chi connectivity index (χ1) is 15.3. The Kier molecular flexibility index (Phi) is 11.5. The third kappa shape index (κ3) is 8.94. The fourth-order valence-corrected chi connectivity index (χ4v) is 6.56. The zero-order chi connectivity index (χ0) is 21.7. The minimum atomic E-state index is 0.996. The molecular weight excluding hydrogens is 372 g/mol. The molecule has 2 fully saturated rings. The van der Waals surface area contributed by atoms with Gasteiger partial charge in [-0.25, -0.2) is 0 Å². The first-order valence-electron chi connectivity index (χ1n) is 14.4. The zero-order valence-electron chi connectivity index (χ0n) is 21.1. The van der Waals surface area contributed by atoms with E-state index in [0.717, 1.165) is 23.7 Å². The summed E-state index contributed by atoms with van der Waals surface area (Å²) in [6.07, 6.45) is 27.7. The lowest BCUT2D eigenvalue weighted by Gasteiger charge is -2.38. The first-order valence-corrected chi connectivity index (χ1v) is 14.4. The van der Waals surface area contributed by atoms with Crippen molar-refractivity contribution in [2.24, 2.45) is 23.7 Å². The first kappa shape index (κ1) is 24.9. The summed E-state index contributed by atoms with van der Waals surface area (Å²) >= 11 is 0. The highest BCUT2D eigenvalue weighted by molar-refractivity contribution is 5.22. The van der Waals surface area contributed by atoms with Crippen LogP contribution in [-0.2, 0) is 12.8 Å². The molecule has 0 amide bonds. The number of rotatable bonds is 13. The predicted octanol–water partition coefficient (Wildman–Crippen LogP) is 9.94. The predicted molar refractivity (Wildman–Crippen MR) is 138 cm³/mol. The van der Waals surface area contributed by atoms with Crippen LogP contribution in [0.4, 0.5) is 0 Å². The third-order valence-corrected chi connectivity index (χ3v) is 8.85. The Bertz CT molecular complexity index is 554. The fraction of sp³-hybridized carbons (Fsp3) is 0.806. The van der Waals surface area contributed by atoms with Crippen molar-refractivity contribution in [3.8, 4) is 0 Å². The summed E-state index contributed by atoms with van der Waals surface area (Å²) in [5.74, 6) is 4.21. The van der Waals surface area contributed by atoms with Crippen molar-refractivity contribution in [1.29, 1.82) is 0 Å². The summed E-state index contributed by atoms with van der Waals surface area (Å²) in [5.41, 5.74) is 3.09. The number of benzene rings is 1. The highest BCUT2D eigenvalue weighted by Crippen LogP contribution is 2.43. The Hall–Kier alpha value is -0.780. The van der Waals surface area contributed by atoms with Crippen molar-refractivity contribution >= 4 is 0 Å². The van der Waals surface area contributed by atoms with Crippen LogP contribution >= 0.6 is 0 Å². The molecule has 1 aromatic rings. The Labute approximate surface area is 195 Å². The fourth-order valence-electron chi connectivity index (χ4n) is 6.56. The Morgan fingerprint density at radius 2 is 1.00 bits per heavy atom. The van der Waals surface area contributed by atoms with Crippen LogP contribution in [0.2, 0.25) is 0 Å². The summed E-state index contributed by atoms with van der Waals surface area (Å²) in [6.45, 7) is 4.60. The standard InChI is InChI=1S/C31H52/c1-3-5-7-8-9-11-27-18-22-30(23-19-27)31-24-20-29(21-25-31)17-16-28-14-12-26(13-15-28)10-6-4-2/h12-15,27,29-31H,3-11,16-25H2,1-2H3/t27-,29-,30-,31-. The molecule has 2 aliphatic carbocycles. The van der Waals surface area contributed by atoms with Gasteiger partial charge in [0, 0.05) is 0 Å². The van der Waals surface area contributed by atoms with E-state index in [1.807, 2.05) is 0 Å². The highest BCUT2D eigenvalue weighted by Gasteiger charge is 2.30. The summed E-state index contributed by atoms with van der Waals surface area (Å²) in [5, 5.41) is 0. The van der Waals surface area contributed by atoms with Crippen molar-refractivity contribution in [3.63, 3.8) is 0 Å². The average molecular weight is 425 g/mol. The summed E-state index contributed by atoms with van der Waals surface area (Å²) in [6, 6.07) is 9.56. The molecule has 0 radical (unpaired) electrons. The molecule has 176 valence electrons.